The molecule has 0 bridgehead atoms. The maximum atomic E-state index is 12.9. The van der Waals surface area contributed by atoms with E-state index in [0.717, 1.165) is 4.31 Å². The smallest absolute Gasteiger partial charge is 0.258 e. The van der Waals surface area contributed by atoms with Crippen molar-refractivity contribution in [3.63, 3.8) is 0 Å². The van der Waals surface area contributed by atoms with Gasteiger partial charge in [0.25, 0.3) is 11.8 Å². The van der Waals surface area contributed by atoms with Crippen LogP contribution in [0, 0.1) is 5.82 Å². The first kappa shape index (κ1) is 21.5. The predicted octanol–water partition coefficient (Wildman–Crippen LogP) is -0.418. The van der Waals surface area contributed by atoms with Crippen molar-refractivity contribution in [1.29, 1.82) is 0 Å². The van der Waals surface area contributed by atoms with Gasteiger partial charge >= 0.3 is 0 Å². The van der Waals surface area contributed by atoms with E-state index in [-0.39, 0.29) is 44.0 Å². The Hall–Kier alpha value is -2.24. The van der Waals surface area contributed by atoms with Gasteiger partial charge in [-0.2, -0.15) is 0 Å². The van der Waals surface area contributed by atoms with Crippen LogP contribution in [0.2, 0.25) is 0 Å². The van der Waals surface area contributed by atoms with Gasteiger partial charge in [0.2, 0.25) is 10.0 Å². The molecule has 0 aliphatic carbocycles. The van der Waals surface area contributed by atoms with Gasteiger partial charge in [-0.1, -0.05) is 0 Å². The summed E-state index contributed by atoms with van der Waals surface area (Å²) in [5, 5.41) is 2.81. The fraction of sp³-hybridized carbons (Fsp3) is 0.556. The number of carbonyl (C=O) groups excluding carboxylic acids is 2. The molecule has 160 valence electrons. The monoisotopic (exact) mass is 429 g/mol. The minimum absolute atomic E-state index is 0.0233. The molecular weight excluding hydrogens is 405 g/mol. The summed E-state index contributed by atoms with van der Waals surface area (Å²) < 4.78 is 48.7. The normalized spacial score (nSPS) is 24.1. The number of carbonyl (C=O) groups is 2. The zero-order chi connectivity index (χ0) is 21.0. The van der Waals surface area contributed by atoms with Gasteiger partial charge in [-0.25, -0.2) is 17.1 Å². The van der Waals surface area contributed by atoms with Gasteiger partial charge in [-0.3, -0.25) is 14.5 Å². The summed E-state index contributed by atoms with van der Waals surface area (Å²) in [6.45, 7) is 0.464. The Morgan fingerprint density at radius 3 is 2.72 bits per heavy atom. The molecule has 29 heavy (non-hydrogen) atoms. The van der Waals surface area contributed by atoms with Crippen LogP contribution in [-0.4, -0.2) is 87.2 Å². The number of rotatable bonds is 7. The average Bonchev–Trinajstić information content (AvgIpc) is 3.05. The number of nitrogens with one attached hydrogen (secondary N) is 1. The number of sulfonamides is 1. The fourth-order valence-corrected chi connectivity index (χ4v) is 4.96. The van der Waals surface area contributed by atoms with Crippen molar-refractivity contribution in [3.05, 3.63) is 30.1 Å². The van der Waals surface area contributed by atoms with Crippen LogP contribution in [0.15, 0.2) is 24.3 Å². The molecule has 3 rings (SSSR count). The van der Waals surface area contributed by atoms with Crippen molar-refractivity contribution < 1.29 is 31.9 Å². The molecule has 2 aliphatic heterocycles. The number of ether oxygens (including phenoxy) is 2. The molecule has 11 heteroatoms. The van der Waals surface area contributed by atoms with E-state index < -0.39 is 27.8 Å². The van der Waals surface area contributed by atoms with Gasteiger partial charge in [-0.15, -0.1) is 0 Å². The molecule has 2 fully saturated rings. The molecule has 1 N–H and O–H groups in total. The molecule has 2 amide bonds. The average molecular weight is 429 g/mol. The number of fused-ring (bicyclic) bond motifs is 1. The minimum atomic E-state index is -3.68. The summed E-state index contributed by atoms with van der Waals surface area (Å²) >= 11 is 0. The first-order valence-corrected chi connectivity index (χ1v) is 10.9. The molecule has 0 aromatic heterocycles. The number of nitrogens with zero attached hydrogens (tertiary/aromatic N) is 2. The van der Waals surface area contributed by atoms with E-state index in [9.17, 15) is 22.4 Å². The lowest BCUT2D eigenvalue weighted by molar-refractivity contribution is -0.131. The third-order valence-electron chi connectivity index (χ3n) is 4.95. The van der Waals surface area contributed by atoms with Gasteiger partial charge in [0.05, 0.1) is 24.9 Å². The molecule has 2 heterocycles. The standard InChI is InChI=1S/C18H24FN3O6S/c1-27-8-6-22-18(24)16-10-14(11-21(16)7-9-29(22,25)26)20-17(23)12-28-15-4-2-13(19)3-5-15/h2-5,14,16H,6-12H2,1H3,(H,20,23)/t14-,16-/m0/s1. The minimum Gasteiger partial charge on any atom is -0.484 e. The molecule has 0 saturated carbocycles. The first-order chi connectivity index (χ1) is 13.8. The number of halogens is 1. The number of hydrogen-bond donors (Lipinski definition) is 1. The zero-order valence-electron chi connectivity index (χ0n) is 16.0. The third-order valence-corrected chi connectivity index (χ3v) is 6.69. The van der Waals surface area contributed by atoms with Crippen LogP contribution < -0.4 is 10.1 Å². The summed E-state index contributed by atoms with van der Waals surface area (Å²) in [4.78, 5) is 26.8. The Kier molecular flexibility index (Phi) is 6.70. The Morgan fingerprint density at radius 2 is 2.03 bits per heavy atom. The predicted molar refractivity (Wildman–Crippen MR) is 101 cm³/mol. The topological polar surface area (TPSA) is 105 Å². The molecule has 2 aliphatic rings. The van der Waals surface area contributed by atoms with Gasteiger partial charge in [0.1, 0.15) is 11.6 Å². The summed E-state index contributed by atoms with van der Waals surface area (Å²) in [5.74, 6) is -1.04. The summed E-state index contributed by atoms with van der Waals surface area (Å²) in [6, 6.07) is 4.43. The van der Waals surface area contributed by atoms with Crippen molar-refractivity contribution in [2.45, 2.75) is 18.5 Å². The summed E-state index contributed by atoms with van der Waals surface area (Å²) in [7, 11) is -2.24. The Balaban J connectivity index is 1.56. The SMILES string of the molecule is COCCN1C(=O)[C@@H]2C[C@H](NC(=O)COc3ccc(F)cc3)CN2CCS1(=O)=O. The lowest BCUT2D eigenvalue weighted by Crippen LogP contribution is -2.45. The zero-order valence-corrected chi connectivity index (χ0v) is 16.9. The van der Waals surface area contributed by atoms with Crippen molar-refractivity contribution >= 4 is 21.8 Å². The third kappa shape index (κ3) is 5.22. The molecule has 2 saturated heterocycles. The van der Waals surface area contributed by atoms with Gasteiger partial charge in [0.15, 0.2) is 6.61 Å². The van der Waals surface area contributed by atoms with Crippen LogP contribution in [0.25, 0.3) is 0 Å². The van der Waals surface area contributed by atoms with Crippen LogP contribution in [-0.2, 0) is 24.3 Å². The van der Waals surface area contributed by atoms with Crippen molar-refractivity contribution in [2.75, 3.05) is 45.7 Å². The van der Waals surface area contributed by atoms with Gasteiger partial charge in [-0.05, 0) is 30.7 Å². The molecule has 9 nitrogen and oxygen atoms in total. The highest BCUT2D eigenvalue weighted by Gasteiger charge is 2.45. The van der Waals surface area contributed by atoms with Gasteiger partial charge < -0.3 is 14.8 Å². The second-order valence-corrected chi connectivity index (χ2v) is 8.99. The molecule has 0 spiro atoms. The fourth-order valence-electron chi connectivity index (χ4n) is 3.53. The molecule has 0 unspecified atom stereocenters. The summed E-state index contributed by atoms with van der Waals surface area (Å²) in [6.07, 6.45) is 0.320. The van der Waals surface area contributed by atoms with E-state index in [0.29, 0.717) is 18.7 Å². The molecule has 2 atom stereocenters. The molecular formula is C18H24FN3O6S. The Morgan fingerprint density at radius 1 is 1.31 bits per heavy atom. The van der Waals surface area contributed by atoms with Crippen LogP contribution in [0.4, 0.5) is 4.39 Å². The highest BCUT2D eigenvalue weighted by molar-refractivity contribution is 7.89. The van der Waals surface area contributed by atoms with E-state index in [4.69, 9.17) is 9.47 Å². The second-order valence-electron chi connectivity index (χ2n) is 6.97. The second kappa shape index (κ2) is 9.06. The number of amides is 2. The molecule has 1 aromatic rings. The lowest BCUT2D eigenvalue weighted by atomic mass is 10.1. The van der Waals surface area contributed by atoms with Crippen LogP contribution in [0.1, 0.15) is 6.42 Å². The van der Waals surface area contributed by atoms with Crippen LogP contribution >= 0.6 is 0 Å². The van der Waals surface area contributed by atoms with Crippen LogP contribution in [0.3, 0.4) is 0 Å². The van der Waals surface area contributed by atoms with E-state index in [2.05, 4.69) is 5.32 Å². The molecule has 1 aromatic carbocycles. The molecule has 0 radical (unpaired) electrons. The summed E-state index contributed by atoms with van der Waals surface area (Å²) in [5.41, 5.74) is 0. The van der Waals surface area contributed by atoms with Crippen molar-refractivity contribution in [3.8, 4) is 5.75 Å². The van der Waals surface area contributed by atoms with E-state index >= 15 is 0 Å². The number of benzene rings is 1. The number of hydrogen-bond acceptors (Lipinski definition) is 7. The largest absolute Gasteiger partial charge is 0.484 e. The first-order valence-electron chi connectivity index (χ1n) is 9.25. The lowest BCUT2D eigenvalue weighted by Gasteiger charge is -2.23. The van der Waals surface area contributed by atoms with Crippen LogP contribution in [0.5, 0.6) is 5.75 Å². The maximum Gasteiger partial charge on any atom is 0.258 e. The van der Waals surface area contributed by atoms with Gasteiger partial charge in [0, 0.05) is 26.2 Å². The number of methoxy groups -OCH3 is 1. The van der Waals surface area contributed by atoms with E-state index in [1.807, 2.05) is 0 Å². The highest BCUT2D eigenvalue weighted by Crippen LogP contribution is 2.24. The van der Waals surface area contributed by atoms with E-state index in [1.54, 1.807) is 4.90 Å². The Labute approximate surface area is 168 Å². The Bertz CT molecular complexity index is 848. The quantitative estimate of drug-likeness (QED) is 0.628. The van der Waals surface area contributed by atoms with E-state index in [1.165, 1.54) is 31.4 Å². The van der Waals surface area contributed by atoms with Crippen molar-refractivity contribution in [1.82, 2.24) is 14.5 Å². The maximum absolute atomic E-state index is 12.9. The van der Waals surface area contributed by atoms with Crippen molar-refractivity contribution in [2.24, 2.45) is 0 Å². The highest BCUT2D eigenvalue weighted by atomic mass is 32.2.